The third-order valence-electron chi connectivity index (χ3n) is 5.54. The molecule has 14 heteroatoms. The maximum Gasteiger partial charge on any atom is 0.422 e. The quantitative estimate of drug-likeness (QED) is 0.433. The van der Waals surface area contributed by atoms with Crippen molar-refractivity contribution in [2.45, 2.75) is 37.7 Å². The molecule has 190 valence electrons. The van der Waals surface area contributed by atoms with E-state index in [4.69, 9.17) is 9.47 Å². The number of carbonyl (C=O) groups excluding carboxylic acids is 1. The van der Waals surface area contributed by atoms with Crippen LogP contribution in [0.25, 0.3) is 0 Å². The van der Waals surface area contributed by atoms with E-state index in [0.717, 1.165) is 0 Å². The first-order valence-corrected chi connectivity index (χ1v) is 11.0. The Morgan fingerprint density at radius 2 is 1.91 bits per heavy atom. The Morgan fingerprint density at radius 3 is 2.57 bits per heavy atom. The number of fused-ring (bicyclic) bond motifs is 1. The van der Waals surface area contributed by atoms with Crippen molar-refractivity contribution in [1.29, 1.82) is 0 Å². The average molecular weight is 499 g/mol. The van der Waals surface area contributed by atoms with Gasteiger partial charge in [0.2, 0.25) is 5.91 Å². The third-order valence-corrected chi connectivity index (χ3v) is 5.54. The number of hydrogen-bond donors (Lipinski definition) is 1. The van der Waals surface area contributed by atoms with Crippen LogP contribution in [0, 0.1) is 10.1 Å². The number of benzene rings is 1. The summed E-state index contributed by atoms with van der Waals surface area (Å²) in [5.41, 5.74) is 0. The van der Waals surface area contributed by atoms with Gasteiger partial charge in [0.25, 0.3) is 0 Å². The van der Waals surface area contributed by atoms with E-state index in [1.165, 1.54) is 22.9 Å². The monoisotopic (exact) mass is 499 g/mol. The Bertz CT molecular complexity index is 1040. The Balaban J connectivity index is 1.17. The summed E-state index contributed by atoms with van der Waals surface area (Å²) in [6.45, 7) is 0.646. The third kappa shape index (κ3) is 6.97. The van der Waals surface area contributed by atoms with Crippen molar-refractivity contribution >= 4 is 11.7 Å². The smallest absolute Gasteiger partial charge is 0.422 e. The normalized spacial score (nSPS) is 18.9. The van der Waals surface area contributed by atoms with Gasteiger partial charge in [0.1, 0.15) is 30.4 Å². The molecule has 1 aromatic heterocycles. The summed E-state index contributed by atoms with van der Waals surface area (Å²) in [6, 6.07) is 5.83. The first kappa shape index (κ1) is 24.6. The van der Waals surface area contributed by atoms with Gasteiger partial charge in [-0.3, -0.25) is 14.3 Å². The molecule has 4 rings (SSSR count). The number of piperidine rings is 1. The van der Waals surface area contributed by atoms with Crippen molar-refractivity contribution in [1.82, 2.24) is 19.8 Å². The van der Waals surface area contributed by atoms with E-state index in [0.29, 0.717) is 38.2 Å². The number of alkyl halides is 3. The van der Waals surface area contributed by atoms with Crippen LogP contribution in [0.15, 0.2) is 30.5 Å². The molecule has 2 aliphatic rings. The van der Waals surface area contributed by atoms with Crippen LogP contribution < -0.4 is 19.5 Å². The maximum absolute atomic E-state index is 12.5. The van der Waals surface area contributed by atoms with Crippen LogP contribution >= 0.6 is 0 Å². The van der Waals surface area contributed by atoms with Crippen molar-refractivity contribution in [3.63, 3.8) is 0 Å². The van der Waals surface area contributed by atoms with E-state index < -0.39 is 17.7 Å². The van der Waals surface area contributed by atoms with Gasteiger partial charge in [-0.2, -0.15) is 13.2 Å². The standard InChI is InChI=1S/C21H24F3N5O6/c22-21(23,24)13-34-15-1-3-16(4-2-15)35-17-5-7-27(8-6-17)11-19(30)25-14-9-28-10-18(29(31)32)26-20(28)33-12-14/h1-4,10,14,17H,5-9,11-13H2,(H,25,30)/t14-/m0/s1. The molecule has 1 saturated heterocycles. The minimum absolute atomic E-state index is 0.0709. The molecule has 3 heterocycles. The predicted molar refractivity (Wildman–Crippen MR) is 114 cm³/mol. The molecule has 0 bridgehead atoms. The zero-order valence-electron chi connectivity index (χ0n) is 18.6. The average Bonchev–Trinajstić information content (AvgIpc) is 3.23. The lowest BCUT2D eigenvalue weighted by Crippen LogP contribution is -2.49. The van der Waals surface area contributed by atoms with Crippen LogP contribution in [0.4, 0.5) is 19.0 Å². The summed E-state index contributed by atoms with van der Waals surface area (Å²) in [6.07, 6.45) is -1.81. The minimum Gasteiger partial charge on any atom is -0.490 e. The van der Waals surface area contributed by atoms with E-state index in [9.17, 15) is 28.1 Å². The number of carbonyl (C=O) groups is 1. The Kier molecular flexibility index (Phi) is 7.28. The van der Waals surface area contributed by atoms with Crippen LogP contribution in [-0.4, -0.2) is 76.5 Å². The fourth-order valence-electron chi connectivity index (χ4n) is 3.91. The largest absolute Gasteiger partial charge is 0.490 e. The summed E-state index contributed by atoms with van der Waals surface area (Å²) in [7, 11) is 0. The number of rotatable bonds is 8. The molecule has 0 radical (unpaired) electrons. The molecule has 1 N–H and O–H groups in total. The molecule has 35 heavy (non-hydrogen) atoms. The highest BCUT2D eigenvalue weighted by atomic mass is 19.4. The molecule has 1 amide bonds. The summed E-state index contributed by atoms with van der Waals surface area (Å²) in [5.74, 6) is 0.173. The number of ether oxygens (including phenoxy) is 3. The number of nitrogens with one attached hydrogen (secondary N) is 1. The highest BCUT2D eigenvalue weighted by Gasteiger charge is 2.30. The number of nitro groups is 1. The second-order valence-electron chi connectivity index (χ2n) is 8.34. The van der Waals surface area contributed by atoms with Gasteiger partial charge in [-0.1, -0.05) is 0 Å². The van der Waals surface area contributed by atoms with E-state index in [1.807, 2.05) is 4.90 Å². The maximum atomic E-state index is 12.5. The second-order valence-corrected chi connectivity index (χ2v) is 8.34. The van der Waals surface area contributed by atoms with Crippen LogP contribution in [0.2, 0.25) is 0 Å². The van der Waals surface area contributed by atoms with Crippen molar-refractivity contribution in [3.05, 3.63) is 40.6 Å². The van der Waals surface area contributed by atoms with Gasteiger partial charge in [-0.25, -0.2) is 0 Å². The van der Waals surface area contributed by atoms with Crippen molar-refractivity contribution < 1.29 is 37.1 Å². The molecular formula is C21H24F3N5O6. The molecule has 1 fully saturated rings. The molecule has 2 aromatic rings. The Morgan fingerprint density at radius 1 is 1.23 bits per heavy atom. The number of halogens is 3. The molecule has 0 spiro atoms. The number of likely N-dealkylation sites (tertiary alicyclic amines) is 1. The zero-order chi connectivity index (χ0) is 25.0. The van der Waals surface area contributed by atoms with Gasteiger partial charge in [0.05, 0.1) is 19.1 Å². The number of amides is 1. The van der Waals surface area contributed by atoms with E-state index in [1.54, 1.807) is 12.1 Å². The van der Waals surface area contributed by atoms with Gasteiger partial charge < -0.3 is 29.6 Å². The lowest BCUT2D eigenvalue weighted by atomic mass is 10.1. The topological polar surface area (TPSA) is 121 Å². The molecular weight excluding hydrogens is 475 g/mol. The predicted octanol–water partition coefficient (Wildman–Crippen LogP) is 2.15. The number of imidazole rings is 1. The van der Waals surface area contributed by atoms with Crippen molar-refractivity contribution in [2.24, 2.45) is 0 Å². The molecule has 1 atom stereocenters. The number of hydrogen-bond acceptors (Lipinski definition) is 8. The second kappa shape index (κ2) is 10.4. The van der Waals surface area contributed by atoms with E-state index in [-0.39, 0.29) is 48.8 Å². The molecule has 2 aliphatic heterocycles. The SMILES string of the molecule is O=C(CN1CCC(Oc2ccc(OCC(F)(F)F)cc2)CC1)N[C@@H]1COc2nc([N+](=O)[O-])cn2C1. The van der Waals surface area contributed by atoms with Crippen LogP contribution in [0.1, 0.15) is 12.8 Å². The summed E-state index contributed by atoms with van der Waals surface area (Å²) in [5, 5.41) is 13.7. The number of aromatic nitrogens is 2. The van der Waals surface area contributed by atoms with Gasteiger partial charge in [0, 0.05) is 18.1 Å². The van der Waals surface area contributed by atoms with Crippen molar-refractivity contribution in [3.8, 4) is 17.5 Å². The highest BCUT2D eigenvalue weighted by Crippen LogP contribution is 2.24. The highest BCUT2D eigenvalue weighted by molar-refractivity contribution is 5.78. The fourth-order valence-corrected chi connectivity index (χ4v) is 3.91. The minimum atomic E-state index is -4.39. The van der Waals surface area contributed by atoms with Gasteiger partial charge in [0.15, 0.2) is 6.61 Å². The fraction of sp³-hybridized carbons (Fsp3) is 0.524. The van der Waals surface area contributed by atoms with Crippen LogP contribution in [0.5, 0.6) is 17.5 Å². The van der Waals surface area contributed by atoms with Gasteiger partial charge in [-0.05, 0) is 42.0 Å². The van der Waals surface area contributed by atoms with Crippen molar-refractivity contribution in [2.75, 3.05) is 32.8 Å². The Hall–Kier alpha value is -3.55. The lowest BCUT2D eigenvalue weighted by molar-refractivity contribution is -0.389. The van der Waals surface area contributed by atoms with Crippen LogP contribution in [-0.2, 0) is 11.3 Å². The first-order chi connectivity index (χ1) is 16.6. The van der Waals surface area contributed by atoms with E-state index in [2.05, 4.69) is 15.0 Å². The first-order valence-electron chi connectivity index (χ1n) is 11.0. The van der Waals surface area contributed by atoms with Gasteiger partial charge >= 0.3 is 18.0 Å². The summed E-state index contributed by atoms with van der Waals surface area (Å²) >= 11 is 0. The zero-order valence-corrected chi connectivity index (χ0v) is 18.6. The van der Waals surface area contributed by atoms with Gasteiger partial charge in [-0.15, -0.1) is 0 Å². The summed E-state index contributed by atoms with van der Waals surface area (Å²) in [4.78, 5) is 28.5. The summed E-state index contributed by atoms with van der Waals surface area (Å²) < 4.78 is 54.2. The molecule has 11 nitrogen and oxygen atoms in total. The Labute approximate surface area is 197 Å². The van der Waals surface area contributed by atoms with Crippen LogP contribution in [0.3, 0.4) is 0 Å². The molecule has 1 aromatic carbocycles. The lowest BCUT2D eigenvalue weighted by Gasteiger charge is -2.32. The molecule has 0 saturated carbocycles. The molecule has 0 unspecified atom stereocenters. The number of nitrogens with zero attached hydrogens (tertiary/aromatic N) is 4. The molecule has 0 aliphatic carbocycles. The van der Waals surface area contributed by atoms with E-state index >= 15 is 0 Å².